The molecule has 0 N–H and O–H groups in total. The van der Waals surface area contributed by atoms with Crippen LogP contribution in [0.2, 0.25) is 0 Å². The molecular weight excluding hydrogens is 195 g/mol. The van der Waals surface area contributed by atoms with Gasteiger partial charge in [0.15, 0.2) is 0 Å². The van der Waals surface area contributed by atoms with E-state index in [0.29, 0.717) is 10.0 Å². The molecule has 0 nitrogen and oxygen atoms in total. The van der Waals surface area contributed by atoms with Crippen molar-refractivity contribution in [3.05, 3.63) is 40.6 Å². The zero-order chi connectivity index (χ0) is 9.14. The first-order valence-corrected chi connectivity index (χ1v) is 3.49. The Balaban J connectivity index is 3.17. The average molecular weight is 203 g/mol. The van der Waals surface area contributed by atoms with E-state index in [2.05, 4.69) is 15.9 Å². The fraction of sp³-hybridized carbons (Fsp3) is 0. The van der Waals surface area contributed by atoms with Crippen LogP contribution in [-0.2, 0) is 0 Å². The standard InChI is InChI=1S/C8H6BrF/c1-2-6-4-3-5-7(10)8(6)9/h2-5H,1H2/i1D2. The number of halogens is 2. The molecule has 10 heavy (non-hydrogen) atoms. The van der Waals surface area contributed by atoms with Gasteiger partial charge in [0, 0.05) is 0 Å². The second-order valence-electron chi connectivity index (χ2n) is 1.79. The third-order valence-electron chi connectivity index (χ3n) is 1.14. The van der Waals surface area contributed by atoms with Crippen LogP contribution >= 0.6 is 15.9 Å². The van der Waals surface area contributed by atoms with Gasteiger partial charge in [0.05, 0.1) is 7.21 Å². The van der Waals surface area contributed by atoms with Gasteiger partial charge in [-0.15, -0.1) is 0 Å². The van der Waals surface area contributed by atoms with Gasteiger partial charge in [-0.3, -0.25) is 0 Å². The summed E-state index contributed by atoms with van der Waals surface area (Å²) in [5, 5.41) is 0. The first-order valence-electron chi connectivity index (χ1n) is 3.70. The zero-order valence-electron chi connectivity index (χ0n) is 7.07. The molecule has 0 fully saturated rings. The van der Waals surface area contributed by atoms with Crippen LogP contribution in [0.5, 0.6) is 0 Å². The summed E-state index contributed by atoms with van der Waals surface area (Å²) in [6.45, 7) is -0.346. The Morgan fingerprint density at radius 1 is 1.70 bits per heavy atom. The van der Waals surface area contributed by atoms with Crippen LogP contribution in [0.15, 0.2) is 29.2 Å². The Morgan fingerprint density at radius 3 is 3.20 bits per heavy atom. The van der Waals surface area contributed by atoms with Crippen molar-refractivity contribution in [3.63, 3.8) is 0 Å². The Hall–Kier alpha value is -0.630. The molecule has 0 spiro atoms. The fourth-order valence-corrected chi connectivity index (χ4v) is 1.01. The molecule has 52 valence electrons. The molecule has 0 bridgehead atoms. The van der Waals surface area contributed by atoms with Gasteiger partial charge in [0.1, 0.15) is 5.82 Å². The van der Waals surface area contributed by atoms with Crippen molar-refractivity contribution in [2.45, 2.75) is 0 Å². The van der Waals surface area contributed by atoms with Crippen molar-refractivity contribution in [3.8, 4) is 0 Å². The molecule has 0 saturated carbocycles. The normalized spacial score (nSPS) is 11.8. The van der Waals surface area contributed by atoms with Crippen molar-refractivity contribution in [1.29, 1.82) is 0 Å². The molecule has 0 amide bonds. The minimum atomic E-state index is -0.384. The number of benzene rings is 1. The van der Waals surface area contributed by atoms with E-state index in [0.717, 1.165) is 0 Å². The summed E-state index contributed by atoms with van der Waals surface area (Å²) >= 11 is 3.02. The summed E-state index contributed by atoms with van der Waals surface area (Å²) in [7, 11) is 0. The van der Waals surface area contributed by atoms with E-state index in [1.165, 1.54) is 18.2 Å². The number of hydrogen-bond acceptors (Lipinski definition) is 0. The number of hydrogen-bond donors (Lipinski definition) is 0. The topological polar surface area (TPSA) is 0 Å². The van der Waals surface area contributed by atoms with E-state index in [4.69, 9.17) is 2.74 Å². The maximum atomic E-state index is 12.8. The van der Waals surface area contributed by atoms with Crippen LogP contribution in [0.25, 0.3) is 6.08 Å². The highest BCUT2D eigenvalue weighted by molar-refractivity contribution is 9.10. The monoisotopic (exact) mass is 202 g/mol. The summed E-state index contributed by atoms with van der Waals surface area (Å²) in [5.74, 6) is -0.384. The molecule has 2 heteroatoms. The Kier molecular flexibility index (Phi) is 1.51. The van der Waals surface area contributed by atoms with Gasteiger partial charge in [0.2, 0.25) is 0 Å². The molecule has 0 radical (unpaired) electrons. The summed E-state index contributed by atoms with van der Waals surface area (Å²) in [6.07, 6.45) is 1.27. The predicted octanol–water partition coefficient (Wildman–Crippen LogP) is 3.23. The smallest absolute Gasteiger partial charge is 0.137 e. The van der Waals surface area contributed by atoms with E-state index in [-0.39, 0.29) is 12.3 Å². The summed E-state index contributed by atoms with van der Waals surface area (Å²) in [4.78, 5) is 0. The van der Waals surface area contributed by atoms with Crippen LogP contribution in [0.4, 0.5) is 4.39 Å². The molecular formula is C8H6BrF. The Bertz CT molecular complexity index is 319. The van der Waals surface area contributed by atoms with Gasteiger partial charge < -0.3 is 0 Å². The van der Waals surface area contributed by atoms with Crippen LogP contribution < -0.4 is 0 Å². The van der Waals surface area contributed by atoms with Crippen LogP contribution in [0.1, 0.15) is 8.30 Å². The Labute approximate surface area is 70.3 Å². The second kappa shape index (κ2) is 2.97. The number of rotatable bonds is 1. The minimum absolute atomic E-state index is 0.294. The summed E-state index contributed by atoms with van der Waals surface area (Å²) in [5.41, 5.74) is 0.509. The molecule has 1 aromatic carbocycles. The molecule has 1 rings (SSSR count). The highest BCUT2D eigenvalue weighted by Gasteiger charge is 1.99. The first-order chi connectivity index (χ1) is 5.61. The van der Waals surface area contributed by atoms with E-state index in [9.17, 15) is 4.39 Å². The molecule has 0 heterocycles. The van der Waals surface area contributed by atoms with Crippen molar-refractivity contribution in [2.24, 2.45) is 0 Å². The third-order valence-corrected chi connectivity index (χ3v) is 1.97. The largest absolute Gasteiger partial charge is 0.206 e. The van der Waals surface area contributed by atoms with Gasteiger partial charge in [-0.05, 0) is 27.6 Å². The molecule has 0 unspecified atom stereocenters. The summed E-state index contributed by atoms with van der Waals surface area (Å²) in [6, 6.07) is 4.49. The van der Waals surface area contributed by atoms with E-state index in [1.807, 2.05) is 0 Å². The highest BCUT2D eigenvalue weighted by atomic mass is 79.9. The molecule has 0 aliphatic rings. The highest BCUT2D eigenvalue weighted by Crippen LogP contribution is 2.20. The van der Waals surface area contributed by atoms with Gasteiger partial charge in [-0.25, -0.2) is 4.39 Å². The predicted molar refractivity (Wildman–Crippen MR) is 44.2 cm³/mol. The first kappa shape index (κ1) is 5.08. The molecule has 1 aromatic rings. The van der Waals surface area contributed by atoms with Crippen LogP contribution in [0.3, 0.4) is 0 Å². The van der Waals surface area contributed by atoms with Gasteiger partial charge in [-0.2, -0.15) is 0 Å². The average Bonchev–Trinajstić information content (AvgIpc) is 1.98. The molecule has 0 saturated heterocycles. The van der Waals surface area contributed by atoms with Crippen molar-refractivity contribution in [1.82, 2.24) is 0 Å². The zero-order valence-corrected chi connectivity index (χ0v) is 6.65. The van der Waals surface area contributed by atoms with Gasteiger partial charge >= 0.3 is 0 Å². The van der Waals surface area contributed by atoms with E-state index in [1.54, 1.807) is 6.07 Å². The second-order valence-corrected chi connectivity index (χ2v) is 2.58. The molecule has 0 aromatic heterocycles. The lowest BCUT2D eigenvalue weighted by Crippen LogP contribution is -1.79. The molecule has 0 aliphatic carbocycles. The lowest BCUT2D eigenvalue weighted by molar-refractivity contribution is 0.621. The maximum Gasteiger partial charge on any atom is 0.137 e. The van der Waals surface area contributed by atoms with Gasteiger partial charge in [0.25, 0.3) is 0 Å². The van der Waals surface area contributed by atoms with E-state index >= 15 is 0 Å². The SMILES string of the molecule is [2H]C([2H])=Cc1cccc(F)c1Br. The van der Waals surface area contributed by atoms with E-state index < -0.39 is 0 Å². The summed E-state index contributed by atoms with van der Waals surface area (Å²) < 4.78 is 26.9. The maximum absolute atomic E-state index is 12.8. The van der Waals surface area contributed by atoms with Gasteiger partial charge in [-0.1, -0.05) is 24.7 Å². The van der Waals surface area contributed by atoms with Crippen LogP contribution in [0, 0.1) is 5.82 Å². The lowest BCUT2D eigenvalue weighted by atomic mass is 10.2. The lowest BCUT2D eigenvalue weighted by Gasteiger charge is -1.96. The Morgan fingerprint density at radius 2 is 2.50 bits per heavy atom. The minimum Gasteiger partial charge on any atom is -0.206 e. The fourth-order valence-electron chi connectivity index (χ4n) is 0.632. The molecule has 0 aliphatic heterocycles. The molecule has 0 atom stereocenters. The van der Waals surface area contributed by atoms with Crippen molar-refractivity contribution in [2.75, 3.05) is 0 Å². The van der Waals surface area contributed by atoms with Crippen molar-refractivity contribution >= 4 is 22.0 Å². The van der Waals surface area contributed by atoms with Crippen molar-refractivity contribution < 1.29 is 7.13 Å². The quantitative estimate of drug-likeness (QED) is 0.657. The van der Waals surface area contributed by atoms with Crippen LogP contribution in [-0.4, -0.2) is 0 Å². The third kappa shape index (κ3) is 1.27.